The second-order valence-corrected chi connectivity index (χ2v) is 6.18. The van der Waals surface area contributed by atoms with E-state index in [-0.39, 0.29) is 5.41 Å². The molecule has 0 aliphatic rings. The van der Waals surface area contributed by atoms with Gasteiger partial charge in [0.05, 0.1) is 0 Å². The molecule has 1 aromatic carbocycles. The van der Waals surface area contributed by atoms with E-state index in [0.29, 0.717) is 11.8 Å². The smallest absolute Gasteiger partial charge is 0.240 e. The summed E-state index contributed by atoms with van der Waals surface area (Å²) in [7, 11) is 0. The third-order valence-electron chi connectivity index (χ3n) is 3.20. The van der Waals surface area contributed by atoms with Crippen molar-refractivity contribution < 1.29 is 4.74 Å². The maximum atomic E-state index is 6.02. The summed E-state index contributed by atoms with van der Waals surface area (Å²) < 4.78 is 6.02. The molecule has 5 heteroatoms. The first-order valence-electron chi connectivity index (χ1n) is 6.90. The molecule has 2 rings (SSSR count). The number of nitrogens with zero attached hydrogens (tertiary/aromatic N) is 2. The molecule has 0 aliphatic carbocycles. The molecule has 3 N–H and O–H groups in total. The number of anilines is 1. The molecule has 0 aliphatic heterocycles. The van der Waals surface area contributed by atoms with Crippen molar-refractivity contribution >= 4 is 5.95 Å². The minimum absolute atomic E-state index is 0.0166. The number of rotatable bonds is 3. The summed E-state index contributed by atoms with van der Waals surface area (Å²) in [4.78, 5) is 8.32. The lowest BCUT2D eigenvalue weighted by Crippen LogP contribution is -2.14. The van der Waals surface area contributed by atoms with Crippen LogP contribution in [0.15, 0.2) is 24.4 Å². The van der Waals surface area contributed by atoms with Crippen LogP contribution in [0.4, 0.5) is 5.95 Å². The van der Waals surface area contributed by atoms with E-state index < -0.39 is 0 Å². The van der Waals surface area contributed by atoms with Gasteiger partial charge in [0.15, 0.2) is 0 Å². The predicted octanol–water partition coefficient (Wildman–Crippen LogP) is 3.47. The highest BCUT2D eigenvalue weighted by molar-refractivity contribution is 5.44. The van der Waals surface area contributed by atoms with Crippen molar-refractivity contribution in [1.82, 2.24) is 9.97 Å². The van der Waals surface area contributed by atoms with Crippen LogP contribution in [0.3, 0.4) is 0 Å². The van der Waals surface area contributed by atoms with Gasteiger partial charge >= 0.3 is 0 Å². The molecule has 0 fully saturated rings. The fourth-order valence-corrected chi connectivity index (χ4v) is 2.02. The van der Waals surface area contributed by atoms with Crippen molar-refractivity contribution in [3.05, 3.63) is 41.1 Å². The number of aromatic nitrogens is 2. The Kier molecular flexibility index (Phi) is 4.14. The average Bonchev–Trinajstić information content (AvgIpc) is 2.42. The maximum absolute atomic E-state index is 6.02. The molecule has 0 atom stereocenters. The molecule has 0 bridgehead atoms. The van der Waals surface area contributed by atoms with E-state index in [1.807, 2.05) is 19.1 Å². The minimum Gasteiger partial charge on any atom is -0.438 e. The van der Waals surface area contributed by atoms with Crippen LogP contribution in [0.1, 0.15) is 37.5 Å². The van der Waals surface area contributed by atoms with Gasteiger partial charge in [-0.15, -0.1) is 0 Å². The van der Waals surface area contributed by atoms with Crippen LogP contribution in [-0.2, 0) is 5.41 Å². The molecule has 21 heavy (non-hydrogen) atoms. The number of benzene rings is 1. The van der Waals surface area contributed by atoms with Crippen LogP contribution >= 0.6 is 0 Å². The normalized spacial score (nSPS) is 11.3. The summed E-state index contributed by atoms with van der Waals surface area (Å²) in [6.45, 7) is 10.5. The number of nitrogens with two attached hydrogens (primary N) is 1. The van der Waals surface area contributed by atoms with Crippen molar-refractivity contribution in [1.29, 1.82) is 0 Å². The highest BCUT2D eigenvalue weighted by atomic mass is 16.5. The van der Waals surface area contributed by atoms with Gasteiger partial charge in [-0.25, -0.2) is 10.8 Å². The Balaban J connectivity index is 2.45. The molecule has 0 unspecified atom stereocenters. The van der Waals surface area contributed by atoms with Crippen molar-refractivity contribution in [2.45, 2.75) is 40.0 Å². The van der Waals surface area contributed by atoms with Crippen LogP contribution < -0.4 is 16.0 Å². The number of aryl methyl sites for hydroxylation is 2. The third kappa shape index (κ3) is 3.49. The topological polar surface area (TPSA) is 73.1 Å². The van der Waals surface area contributed by atoms with Gasteiger partial charge in [0.25, 0.3) is 0 Å². The number of ether oxygens (including phenoxy) is 1. The Labute approximate surface area is 125 Å². The number of hydrogen-bond donors (Lipinski definition) is 2. The van der Waals surface area contributed by atoms with Crippen LogP contribution in [0.2, 0.25) is 0 Å². The van der Waals surface area contributed by atoms with Crippen molar-refractivity contribution in [3.63, 3.8) is 0 Å². The standard InChI is InChI=1S/C16H22N4O/c1-10-6-7-13(12(8-10)16(3,4)5)21-14-11(2)9-18-15(19-14)20-17/h6-9H,17H2,1-5H3,(H,18,19,20). The molecule has 2 aromatic rings. The molecule has 1 aromatic heterocycles. The summed E-state index contributed by atoms with van der Waals surface area (Å²) in [5, 5.41) is 0. The van der Waals surface area contributed by atoms with Gasteiger partial charge in [-0.05, 0) is 25.3 Å². The van der Waals surface area contributed by atoms with E-state index in [9.17, 15) is 0 Å². The molecule has 0 radical (unpaired) electrons. The average molecular weight is 286 g/mol. The van der Waals surface area contributed by atoms with E-state index in [1.165, 1.54) is 5.56 Å². The summed E-state index contributed by atoms with van der Waals surface area (Å²) in [5.74, 6) is 6.99. The number of hydrazine groups is 1. The monoisotopic (exact) mass is 286 g/mol. The van der Waals surface area contributed by atoms with E-state index in [4.69, 9.17) is 10.6 Å². The molecular formula is C16H22N4O. The molecule has 0 spiro atoms. The van der Waals surface area contributed by atoms with E-state index in [1.54, 1.807) is 6.20 Å². The summed E-state index contributed by atoms with van der Waals surface area (Å²) in [6.07, 6.45) is 1.68. The second-order valence-electron chi connectivity index (χ2n) is 6.18. The zero-order chi connectivity index (χ0) is 15.6. The Morgan fingerprint density at radius 1 is 1.19 bits per heavy atom. The molecule has 5 nitrogen and oxygen atoms in total. The SMILES string of the molecule is Cc1ccc(Oc2nc(NN)ncc2C)c(C(C)(C)C)c1. The van der Waals surface area contributed by atoms with E-state index >= 15 is 0 Å². The van der Waals surface area contributed by atoms with Crippen LogP contribution in [0, 0.1) is 13.8 Å². The van der Waals surface area contributed by atoms with Crippen LogP contribution in [0.25, 0.3) is 0 Å². The fraction of sp³-hybridized carbons (Fsp3) is 0.375. The maximum Gasteiger partial charge on any atom is 0.240 e. The number of nitrogen functional groups attached to an aromatic ring is 1. The lowest BCUT2D eigenvalue weighted by Gasteiger charge is -2.23. The second kappa shape index (κ2) is 5.69. The zero-order valence-electron chi connectivity index (χ0n) is 13.2. The molecule has 0 saturated heterocycles. The van der Waals surface area contributed by atoms with Gasteiger partial charge in [0.1, 0.15) is 5.75 Å². The first-order chi connectivity index (χ1) is 9.81. The predicted molar refractivity (Wildman–Crippen MR) is 84.5 cm³/mol. The molecule has 1 heterocycles. The van der Waals surface area contributed by atoms with Crippen molar-refractivity contribution in [2.75, 3.05) is 5.43 Å². The minimum atomic E-state index is -0.0166. The van der Waals surface area contributed by atoms with Gasteiger partial charge < -0.3 is 4.74 Å². The first kappa shape index (κ1) is 15.3. The molecule has 0 amide bonds. The lowest BCUT2D eigenvalue weighted by molar-refractivity contribution is 0.436. The van der Waals surface area contributed by atoms with Crippen molar-refractivity contribution in [2.24, 2.45) is 5.84 Å². The highest BCUT2D eigenvalue weighted by Gasteiger charge is 2.20. The molecule has 112 valence electrons. The van der Waals surface area contributed by atoms with E-state index in [0.717, 1.165) is 16.9 Å². The van der Waals surface area contributed by atoms with Gasteiger partial charge in [-0.2, -0.15) is 4.98 Å². The van der Waals surface area contributed by atoms with Gasteiger partial charge in [0, 0.05) is 17.3 Å². The number of nitrogens with one attached hydrogen (secondary N) is 1. The quantitative estimate of drug-likeness (QED) is 0.667. The van der Waals surface area contributed by atoms with Gasteiger partial charge in [-0.3, -0.25) is 5.43 Å². The summed E-state index contributed by atoms with van der Waals surface area (Å²) in [6, 6.07) is 6.16. The van der Waals surface area contributed by atoms with E-state index in [2.05, 4.69) is 49.2 Å². The summed E-state index contributed by atoms with van der Waals surface area (Å²) >= 11 is 0. The number of hydrogen-bond acceptors (Lipinski definition) is 5. The Hall–Kier alpha value is -2.14. The van der Waals surface area contributed by atoms with Crippen molar-refractivity contribution in [3.8, 4) is 11.6 Å². The Morgan fingerprint density at radius 2 is 1.90 bits per heavy atom. The Bertz CT molecular complexity index is 647. The van der Waals surface area contributed by atoms with Crippen LogP contribution in [-0.4, -0.2) is 9.97 Å². The van der Waals surface area contributed by atoms with Gasteiger partial charge in [0.2, 0.25) is 11.8 Å². The lowest BCUT2D eigenvalue weighted by atomic mass is 9.85. The molecular weight excluding hydrogens is 264 g/mol. The Morgan fingerprint density at radius 3 is 2.52 bits per heavy atom. The van der Waals surface area contributed by atoms with Crippen LogP contribution in [0.5, 0.6) is 11.6 Å². The molecule has 0 saturated carbocycles. The highest BCUT2D eigenvalue weighted by Crippen LogP contribution is 2.35. The fourth-order valence-electron chi connectivity index (χ4n) is 2.02. The third-order valence-corrected chi connectivity index (χ3v) is 3.20. The largest absolute Gasteiger partial charge is 0.438 e. The summed E-state index contributed by atoms with van der Waals surface area (Å²) in [5.41, 5.74) is 5.62. The first-order valence-corrected chi connectivity index (χ1v) is 6.90. The van der Waals surface area contributed by atoms with Gasteiger partial charge in [-0.1, -0.05) is 38.5 Å². The zero-order valence-corrected chi connectivity index (χ0v) is 13.2.